The van der Waals surface area contributed by atoms with Gasteiger partial charge in [0.2, 0.25) is 0 Å². The third-order valence-electron chi connectivity index (χ3n) is 15.9. The summed E-state index contributed by atoms with van der Waals surface area (Å²) in [7, 11) is 0. The van der Waals surface area contributed by atoms with Gasteiger partial charge in [-0.25, -0.2) is 0 Å². The van der Waals surface area contributed by atoms with Gasteiger partial charge in [0.25, 0.3) is 0 Å². The molecular weight excluding hydrogens is 863 g/mol. The maximum absolute atomic E-state index is 7.60. The zero-order valence-corrected chi connectivity index (χ0v) is 39.3. The molecule has 3 aliphatic rings. The van der Waals surface area contributed by atoms with Gasteiger partial charge >= 0.3 is 0 Å². The van der Waals surface area contributed by atoms with E-state index < -0.39 is 5.41 Å². The Morgan fingerprint density at radius 1 is 0.338 bits per heavy atom. The maximum atomic E-state index is 7.60. The fourth-order valence-electron chi connectivity index (χ4n) is 12.8. The lowest BCUT2D eigenvalue weighted by Crippen LogP contribution is -2.26. The Morgan fingerprint density at radius 3 is 1.59 bits per heavy atom. The molecule has 0 amide bonds. The molecule has 0 N–H and O–H groups in total. The van der Waals surface area contributed by atoms with E-state index in [0.29, 0.717) is 0 Å². The Bertz CT molecular complexity index is 4110. The lowest BCUT2D eigenvalue weighted by Gasteiger charge is -2.31. The first kappa shape index (κ1) is 40.0. The van der Waals surface area contributed by atoms with E-state index in [1.807, 2.05) is 6.07 Å². The molecule has 0 fully saturated rings. The summed E-state index contributed by atoms with van der Waals surface area (Å²) in [5.74, 6) is 1.85. The molecule has 0 bridgehead atoms. The van der Waals surface area contributed by atoms with Gasteiger partial charge in [-0.2, -0.15) is 0 Å². The van der Waals surface area contributed by atoms with Crippen molar-refractivity contribution in [1.29, 1.82) is 0 Å². The van der Waals surface area contributed by atoms with Gasteiger partial charge in [0, 0.05) is 55.5 Å². The van der Waals surface area contributed by atoms with Crippen molar-refractivity contribution in [3.05, 3.63) is 270 Å². The van der Waals surface area contributed by atoms with Gasteiger partial charge in [-0.3, -0.25) is 0 Å². The van der Waals surface area contributed by atoms with E-state index >= 15 is 0 Å². The minimum atomic E-state index is -0.740. The van der Waals surface area contributed by atoms with Crippen LogP contribution in [0.4, 0.5) is 17.1 Å². The second-order valence-electron chi connectivity index (χ2n) is 19.9. The van der Waals surface area contributed by atoms with Crippen LogP contribution < -0.4 is 4.90 Å². The van der Waals surface area contributed by atoms with Crippen molar-refractivity contribution in [3.8, 4) is 67.0 Å². The van der Waals surface area contributed by atoms with Gasteiger partial charge in [-0.15, -0.1) is 0 Å². The lowest BCUT2D eigenvalue weighted by atomic mass is 9.73. The van der Waals surface area contributed by atoms with E-state index in [4.69, 9.17) is 8.83 Å². The number of hydrogen-bond donors (Lipinski definition) is 0. The van der Waals surface area contributed by atoms with Gasteiger partial charge in [0.15, 0.2) is 0 Å². The molecule has 3 heteroatoms. The minimum absolute atomic E-state index is 0.190. The third kappa shape index (κ3) is 5.49. The summed E-state index contributed by atoms with van der Waals surface area (Å²) in [6, 6.07) is 86.4. The van der Waals surface area contributed by atoms with Gasteiger partial charge in [-0.1, -0.05) is 208 Å². The predicted octanol–water partition coefficient (Wildman–Crippen LogP) is 18.3. The molecule has 3 nitrogen and oxygen atoms in total. The second kappa shape index (κ2) is 14.8. The number of benzene rings is 10. The van der Waals surface area contributed by atoms with Crippen molar-refractivity contribution in [3.63, 3.8) is 0 Å². The number of hydrogen-bond acceptors (Lipinski definition) is 3. The highest BCUT2D eigenvalue weighted by atomic mass is 16.3. The highest BCUT2D eigenvalue weighted by Gasteiger charge is 2.56. The van der Waals surface area contributed by atoms with E-state index in [1.54, 1.807) is 0 Å². The van der Waals surface area contributed by atoms with E-state index in [1.165, 1.54) is 55.6 Å². The van der Waals surface area contributed by atoms with E-state index in [9.17, 15) is 0 Å². The lowest BCUT2D eigenvalue weighted by molar-refractivity contribution is 0.485. The Labute approximate surface area is 412 Å². The van der Waals surface area contributed by atoms with E-state index in [0.717, 1.165) is 83.9 Å². The summed E-state index contributed by atoms with van der Waals surface area (Å²) in [5, 5.41) is 2.24. The fourth-order valence-corrected chi connectivity index (χ4v) is 12.8. The summed E-state index contributed by atoms with van der Waals surface area (Å²) in [5.41, 5.74) is 23.2. The van der Waals surface area contributed by atoms with Crippen molar-refractivity contribution >= 4 is 39.0 Å². The third-order valence-corrected chi connectivity index (χ3v) is 15.9. The molecule has 0 saturated carbocycles. The summed E-state index contributed by atoms with van der Waals surface area (Å²) in [6.45, 7) is 4.73. The maximum Gasteiger partial charge on any atom is 0.143 e. The van der Waals surface area contributed by atoms with Crippen LogP contribution in [-0.2, 0) is 10.8 Å². The topological polar surface area (TPSA) is 29.5 Å². The Hall–Kier alpha value is -8.92. The smallest absolute Gasteiger partial charge is 0.143 e. The molecule has 0 saturated heterocycles. The quantitative estimate of drug-likeness (QED) is 0.166. The Kier molecular flexibility index (Phi) is 8.34. The van der Waals surface area contributed by atoms with Crippen LogP contribution in [0.15, 0.2) is 245 Å². The molecule has 15 rings (SSSR count). The summed E-state index contributed by atoms with van der Waals surface area (Å²) < 4.78 is 14.3. The average molecular weight is 908 g/mol. The fraction of sp³-hybridized carbons (Fsp3) is 0.0588. The molecule has 12 aromatic rings. The molecule has 0 atom stereocenters. The van der Waals surface area contributed by atoms with E-state index in [-0.39, 0.29) is 5.41 Å². The van der Waals surface area contributed by atoms with Crippen molar-refractivity contribution in [2.24, 2.45) is 0 Å². The summed E-state index contributed by atoms with van der Waals surface area (Å²) in [6.07, 6.45) is 0. The van der Waals surface area contributed by atoms with Gasteiger partial charge in [0.1, 0.15) is 28.1 Å². The van der Waals surface area contributed by atoms with Crippen LogP contribution in [0, 0.1) is 0 Å². The molecule has 3 aliphatic carbocycles. The molecule has 2 aromatic heterocycles. The van der Waals surface area contributed by atoms with Crippen molar-refractivity contribution in [2.45, 2.75) is 24.7 Å². The van der Waals surface area contributed by atoms with Crippen LogP contribution in [0.5, 0.6) is 0 Å². The van der Waals surface area contributed by atoms with Crippen molar-refractivity contribution < 1.29 is 8.83 Å². The first-order valence-corrected chi connectivity index (χ1v) is 24.7. The van der Waals surface area contributed by atoms with Crippen molar-refractivity contribution in [1.82, 2.24) is 0 Å². The SMILES string of the molecule is CC1(C)c2ccccc2-c2ccc(N(c3cccc(-c4cccc5c4oc4ccccc45)c3)c3ccc4c(c3)C3(c5ccccc5-c5ccccc53)c3oc(-c5ccccc5)c(-c5ccccc5)c3-4)cc21. The first-order chi connectivity index (χ1) is 35.0. The number of rotatable bonds is 6. The monoisotopic (exact) mass is 907 g/mol. The van der Waals surface area contributed by atoms with E-state index in [2.05, 4.69) is 249 Å². The molecule has 71 heavy (non-hydrogen) atoms. The number of para-hydroxylation sites is 2. The molecule has 0 unspecified atom stereocenters. The van der Waals surface area contributed by atoms with Gasteiger partial charge in [0.05, 0.1) is 0 Å². The normalized spacial score (nSPS) is 14.0. The van der Waals surface area contributed by atoms with Crippen LogP contribution in [0.25, 0.3) is 88.9 Å². The molecule has 334 valence electrons. The number of fused-ring (bicyclic) bond motifs is 16. The molecule has 2 heterocycles. The second-order valence-corrected chi connectivity index (χ2v) is 19.9. The highest BCUT2D eigenvalue weighted by Crippen LogP contribution is 2.67. The largest absolute Gasteiger partial charge is 0.458 e. The van der Waals surface area contributed by atoms with Gasteiger partial charge < -0.3 is 13.7 Å². The number of nitrogens with zero attached hydrogens (tertiary/aromatic N) is 1. The molecule has 0 aliphatic heterocycles. The Balaban J connectivity index is 1.01. The Morgan fingerprint density at radius 2 is 0.859 bits per heavy atom. The van der Waals surface area contributed by atoms with Crippen LogP contribution in [0.2, 0.25) is 0 Å². The van der Waals surface area contributed by atoms with Crippen LogP contribution in [0.1, 0.15) is 47.4 Å². The summed E-state index contributed by atoms with van der Waals surface area (Å²) in [4.78, 5) is 2.47. The molecule has 10 aromatic carbocycles. The molecule has 1 spiro atoms. The zero-order chi connectivity index (χ0) is 47.0. The van der Waals surface area contributed by atoms with Crippen molar-refractivity contribution in [2.75, 3.05) is 4.90 Å². The van der Waals surface area contributed by atoms with Crippen LogP contribution in [0.3, 0.4) is 0 Å². The standard InChI is InChI=1S/C68H45NO2/c1-67(2)56-31-13-9-25-49(56)52-37-35-46(40-59(52)67)69(45-24-17-23-44(39-45)48-29-18-30-54-53-28-12-16-34-61(53)70-65(48)54)47-36-38-55-60(41-47)68(57-32-14-10-26-50(57)51-27-11-15-33-58(51)68)66-63(55)62(42-19-5-3-6-20-42)64(71-66)43-21-7-4-8-22-43/h3-41H,1-2H3. The highest BCUT2D eigenvalue weighted by molar-refractivity contribution is 6.10. The van der Waals surface area contributed by atoms with Crippen LogP contribution >= 0.6 is 0 Å². The molecule has 0 radical (unpaired) electrons. The minimum Gasteiger partial charge on any atom is -0.458 e. The molecular formula is C68H45NO2. The summed E-state index contributed by atoms with van der Waals surface area (Å²) >= 11 is 0. The van der Waals surface area contributed by atoms with Crippen LogP contribution in [-0.4, -0.2) is 0 Å². The first-order valence-electron chi connectivity index (χ1n) is 24.7. The zero-order valence-electron chi connectivity index (χ0n) is 39.3. The van der Waals surface area contributed by atoms with Gasteiger partial charge in [-0.05, 0) is 109 Å². The average Bonchev–Trinajstić information content (AvgIpc) is 4.21. The predicted molar refractivity (Wildman–Crippen MR) is 291 cm³/mol. The number of furan rings is 2. The number of anilines is 3.